The van der Waals surface area contributed by atoms with Gasteiger partial charge in [0.15, 0.2) is 0 Å². The van der Waals surface area contributed by atoms with Crippen LogP contribution in [0.5, 0.6) is 5.75 Å². The Morgan fingerprint density at radius 1 is 1.33 bits per heavy atom. The van der Waals surface area contributed by atoms with Crippen molar-refractivity contribution in [1.82, 2.24) is 5.43 Å². The molecule has 0 saturated carbocycles. The number of benzene rings is 1. The smallest absolute Gasteiger partial charge is 0.275 e. The second-order valence-corrected chi connectivity index (χ2v) is 3.66. The Hall–Kier alpha value is -2.56. The molecule has 0 bridgehead atoms. The normalized spacial score (nSPS) is 10.7. The Bertz CT molecular complexity index is 587. The maximum absolute atomic E-state index is 11.6. The Labute approximate surface area is 104 Å². The van der Waals surface area contributed by atoms with E-state index in [-0.39, 0.29) is 11.3 Å². The van der Waals surface area contributed by atoms with Gasteiger partial charge in [-0.1, -0.05) is 12.1 Å². The van der Waals surface area contributed by atoms with Gasteiger partial charge in [0.2, 0.25) is 0 Å². The van der Waals surface area contributed by atoms with Gasteiger partial charge in [-0.15, -0.1) is 0 Å². The fraction of sp³-hybridized carbons (Fsp3) is 0.0769. The predicted octanol–water partition coefficient (Wildman–Crippen LogP) is 2.06. The molecule has 0 aliphatic heterocycles. The lowest BCUT2D eigenvalue weighted by Gasteiger charge is -2.01. The molecule has 0 atom stereocenters. The zero-order valence-corrected chi connectivity index (χ0v) is 9.75. The number of nitrogens with one attached hydrogen (secondary N) is 1. The monoisotopic (exact) mass is 244 g/mol. The standard InChI is InChI=1S/C13H12N2O3/c1-9-6-7-10(18-9)8-14-15-13(17)11-4-2-3-5-12(11)16/h2-8,16H,1H3,(H,15,17). The number of phenolic OH excluding ortho intramolecular Hbond substituents is 1. The highest BCUT2D eigenvalue weighted by atomic mass is 16.3. The van der Waals surface area contributed by atoms with E-state index >= 15 is 0 Å². The van der Waals surface area contributed by atoms with Crippen LogP contribution in [0.4, 0.5) is 0 Å². The summed E-state index contributed by atoms with van der Waals surface area (Å²) in [5, 5.41) is 13.2. The molecule has 1 heterocycles. The number of furan rings is 1. The number of hydrazone groups is 1. The average molecular weight is 244 g/mol. The number of hydrogen-bond donors (Lipinski definition) is 2. The highest BCUT2D eigenvalue weighted by molar-refractivity contribution is 5.97. The molecule has 92 valence electrons. The van der Waals surface area contributed by atoms with Crippen molar-refractivity contribution in [3.05, 3.63) is 53.5 Å². The van der Waals surface area contributed by atoms with Gasteiger partial charge in [0.25, 0.3) is 5.91 Å². The zero-order chi connectivity index (χ0) is 13.0. The third-order valence-electron chi connectivity index (χ3n) is 2.27. The van der Waals surface area contributed by atoms with E-state index in [9.17, 15) is 9.90 Å². The van der Waals surface area contributed by atoms with Crippen molar-refractivity contribution in [3.63, 3.8) is 0 Å². The van der Waals surface area contributed by atoms with Crippen molar-refractivity contribution in [1.29, 1.82) is 0 Å². The van der Waals surface area contributed by atoms with Crippen LogP contribution in [0, 0.1) is 6.92 Å². The molecule has 1 amide bonds. The molecule has 2 rings (SSSR count). The van der Waals surface area contributed by atoms with Crippen LogP contribution in [0.2, 0.25) is 0 Å². The van der Waals surface area contributed by atoms with Crippen molar-refractivity contribution in [2.75, 3.05) is 0 Å². The fourth-order valence-corrected chi connectivity index (χ4v) is 1.40. The lowest BCUT2D eigenvalue weighted by atomic mass is 10.2. The molecule has 18 heavy (non-hydrogen) atoms. The largest absolute Gasteiger partial charge is 0.507 e. The zero-order valence-electron chi connectivity index (χ0n) is 9.75. The number of aromatic hydroxyl groups is 1. The van der Waals surface area contributed by atoms with E-state index in [0.717, 1.165) is 5.76 Å². The van der Waals surface area contributed by atoms with Crippen LogP contribution >= 0.6 is 0 Å². The molecular weight excluding hydrogens is 232 g/mol. The van der Waals surface area contributed by atoms with Gasteiger partial charge < -0.3 is 9.52 Å². The summed E-state index contributed by atoms with van der Waals surface area (Å²) in [6, 6.07) is 9.79. The number of rotatable bonds is 3. The van der Waals surface area contributed by atoms with Crippen molar-refractivity contribution >= 4 is 12.1 Å². The number of hydrogen-bond acceptors (Lipinski definition) is 4. The first-order chi connectivity index (χ1) is 8.66. The van der Waals surface area contributed by atoms with E-state index in [1.54, 1.807) is 24.3 Å². The van der Waals surface area contributed by atoms with Crippen LogP contribution in [-0.4, -0.2) is 17.2 Å². The third kappa shape index (κ3) is 2.76. The van der Waals surface area contributed by atoms with Crippen LogP contribution in [0.1, 0.15) is 21.9 Å². The second kappa shape index (κ2) is 5.18. The van der Waals surface area contributed by atoms with E-state index in [4.69, 9.17) is 4.42 Å². The van der Waals surface area contributed by atoms with Gasteiger partial charge in [0.1, 0.15) is 17.3 Å². The van der Waals surface area contributed by atoms with E-state index in [2.05, 4.69) is 10.5 Å². The maximum Gasteiger partial charge on any atom is 0.275 e. The Morgan fingerprint density at radius 3 is 2.78 bits per heavy atom. The Morgan fingerprint density at radius 2 is 2.11 bits per heavy atom. The third-order valence-corrected chi connectivity index (χ3v) is 2.27. The number of para-hydroxylation sites is 1. The highest BCUT2D eigenvalue weighted by Crippen LogP contribution is 2.14. The lowest BCUT2D eigenvalue weighted by molar-refractivity contribution is 0.0952. The predicted molar refractivity (Wildman–Crippen MR) is 66.6 cm³/mol. The number of nitrogens with zero attached hydrogens (tertiary/aromatic N) is 1. The molecule has 5 heteroatoms. The summed E-state index contributed by atoms with van der Waals surface area (Å²) in [5.74, 6) is 0.750. The summed E-state index contributed by atoms with van der Waals surface area (Å²) < 4.78 is 5.24. The minimum Gasteiger partial charge on any atom is -0.507 e. The summed E-state index contributed by atoms with van der Waals surface area (Å²) in [7, 11) is 0. The SMILES string of the molecule is Cc1ccc(C=NNC(=O)c2ccccc2O)o1. The van der Waals surface area contributed by atoms with Crippen LogP contribution < -0.4 is 5.43 Å². The van der Waals surface area contributed by atoms with Gasteiger partial charge in [-0.25, -0.2) is 5.43 Å². The molecule has 5 nitrogen and oxygen atoms in total. The molecule has 0 aliphatic carbocycles. The van der Waals surface area contributed by atoms with Crippen LogP contribution in [0.25, 0.3) is 0 Å². The summed E-state index contributed by atoms with van der Waals surface area (Å²) >= 11 is 0. The summed E-state index contributed by atoms with van der Waals surface area (Å²) in [5.41, 5.74) is 2.48. The molecule has 0 aliphatic rings. The summed E-state index contributed by atoms with van der Waals surface area (Å²) in [6.07, 6.45) is 1.39. The van der Waals surface area contributed by atoms with Gasteiger partial charge in [-0.3, -0.25) is 4.79 Å². The number of carbonyl (C=O) groups is 1. The molecule has 0 radical (unpaired) electrons. The minimum atomic E-state index is -0.479. The van der Waals surface area contributed by atoms with Gasteiger partial charge in [0, 0.05) is 0 Å². The molecule has 2 N–H and O–H groups in total. The first kappa shape index (κ1) is 11.9. The fourth-order valence-electron chi connectivity index (χ4n) is 1.40. The number of carbonyl (C=O) groups excluding carboxylic acids is 1. The first-order valence-electron chi connectivity index (χ1n) is 5.34. The van der Waals surface area contributed by atoms with Crippen molar-refractivity contribution in [3.8, 4) is 5.75 Å². The van der Waals surface area contributed by atoms with Crippen molar-refractivity contribution in [2.45, 2.75) is 6.92 Å². The molecular formula is C13H12N2O3. The molecule has 0 saturated heterocycles. The molecule has 0 fully saturated rings. The molecule has 0 spiro atoms. The summed E-state index contributed by atoms with van der Waals surface area (Å²) in [4.78, 5) is 11.6. The molecule has 1 aromatic carbocycles. The Balaban J connectivity index is 2.01. The van der Waals surface area contributed by atoms with Crippen LogP contribution in [-0.2, 0) is 0 Å². The summed E-state index contributed by atoms with van der Waals surface area (Å²) in [6.45, 7) is 1.82. The number of amides is 1. The number of aryl methyl sites for hydroxylation is 1. The van der Waals surface area contributed by atoms with E-state index in [1.165, 1.54) is 18.3 Å². The second-order valence-electron chi connectivity index (χ2n) is 3.66. The van der Waals surface area contributed by atoms with E-state index in [1.807, 2.05) is 6.92 Å². The maximum atomic E-state index is 11.6. The van der Waals surface area contributed by atoms with Gasteiger partial charge in [-0.2, -0.15) is 5.10 Å². The van der Waals surface area contributed by atoms with Crippen LogP contribution in [0.15, 0.2) is 45.9 Å². The highest BCUT2D eigenvalue weighted by Gasteiger charge is 2.08. The number of phenols is 1. The van der Waals surface area contributed by atoms with Gasteiger partial charge >= 0.3 is 0 Å². The van der Waals surface area contributed by atoms with E-state index < -0.39 is 5.91 Å². The van der Waals surface area contributed by atoms with E-state index in [0.29, 0.717) is 5.76 Å². The average Bonchev–Trinajstić information content (AvgIpc) is 2.75. The van der Waals surface area contributed by atoms with Crippen LogP contribution in [0.3, 0.4) is 0 Å². The quantitative estimate of drug-likeness (QED) is 0.641. The van der Waals surface area contributed by atoms with Crippen molar-refractivity contribution < 1.29 is 14.3 Å². The topological polar surface area (TPSA) is 74.8 Å². The molecule has 1 aromatic heterocycles. The first-order valence-corrected chi connectivity index (χ1v) is 5.34. The molecule has 2 aromatic rings. The van der Waals surface area contributed by atoms with Gasteiger partial charge in [0.05, 0.1) is 11.8 Å². The molecule has 0 unspecified atom stereocenters. The minimum absolute atomic E-state index is 0.0842. The lowest BCUT2D eigenvalue weighted by Crippen LogP contribution is -2.17. The van der Waals surface area contributed by atoms with Gasteiger partial charge in [-0.05, 0) is 31.2 Å². The Kier molecular flexibility index (Phi) is 3.43. The van der Waals surface area contributed by atoms with Crippen molar-refractivity contribution in [2.24, 2.45) is 5.10 Å².